The van der Waals surface area contributed by atoms with Crippen LogP contribution in [-0.2, 0) is 4.79 Å². The summed E-state index contributed by atoms with van der Waals surface area (Å²) in [6.07, 6.45) is 4.28. The second kappa shape index (κ2) is 8.37. The standard InChI is InChI=1S/C20H16ClN5O3S/c1-2-3-4-17-24-26-18(22)14(19(27)23-20(26)30-17)10-12-6-8-16(29-12)13-7-5-11(25-28)9-15(13)21/h5-10,22H,2-4H2,1H3/b14-10-,22-18?. The predicted octanol–water partition coefficient (Wildman–Crippen LogP) is 5.81. The maximum atomic E-state index is 12.5. The minimum Gasteiger partial charge on any atom is -0.457 e. The van der Waals surface area contributed by atoms with Crippen LogP contribution in [0.3, 0.4) is 0 Å². The smallest absolute Gasteiger partial charge is 0.283 e. The van der Waals surface area contributed by atoms with Gasteiger partial charge in [-0.3, -0.25) is 10.2 Å². The highest BCUT2D eigenvalue weighted by molar-refractivity contribution is 8.26. The number of hydrogen-bond acceptors (Lipinski definition) is 7. The van der Waals surface area contributed by atoms with Crippen molar-refractivity contribution in [3.63, 3.8) is 0 Å². The minimum atomic E-state index is -0.511. The number of unbranched alkanes of at least 4 members (excludes halogenated alkanes) is 1. The molecule has 8 nitrogen and oxygen atoms in total. The van der Waals surface area contributed by atoms with Crippen LogP contribution in [0.25, 0.3) is 17.4 Å². The lowest BCUT2D eigenvalue weighted by Gasteiger charge is -2.19. The summed E-state index contributed by atoms with van der Waals surface area (Å²) in [4.78, 5) is 27.2. The van der Waals surface area contributed by atoms with E-state index >= 15 is 0 Å². The third-order valence-corrected chi connectivity index (χ3v) is 5.76. The molecule has 30 heavy (non-hydrogen) atoms. The van der Waals surface area contributed by atoms with E-state index in [0.29, 0.717) is 27.3 Å². The van der Waals surface area contributed by atoms with Crippen molar-refractivity contribution in [2.45, 2.75) is 26.2 Å². The first-order chi connectivity index (χ1) is 14.5. The van der Waals surface area contributed by atoms with E-state index in [9.17, 15) is 9.70 Å². The second-order valence-corrected chi connectivity index (χ2v) is 8.02. The Balaban J connectivity index is 1.60. The van der Waals surface area contributed by atoms with Crippen LogP contribution >= 0.6 is 23.4 Å². The van der Waals surface area contributed by atoms with Gasteiger partial charge < -0.3 is 4.42 Å². The van der Waals surface area contributed by atoms with Gasteiger partial charge in [0.2, 0.25) is 5.17 Å². The average molecular weight is 442 g/mol. The van der Waals surface area contributed by atoms with Gasteiger partial charge in [0, 0.05) is 5.56 Å². The lowest BCUT2D eigenvalue weighted by molar-refractivity contribution is -0.114. The van der Waals surface area contributed by atoms with Crippen molar-refractivity contribution in [2.75, 3.05) is 0 Å². The molecular formula is C20H16ClN5O3S. The number of carbonyl (C=O) groups is 1. The van der Waals surface area contributed by atoms with Gasteiger partial charge in [-0.15, -0.1) is 4.91 Å². The molecule has 1 aromatic heterocycles. The van der Waals surface area contributed by atoms with E-state index in [-0.39, 0.29) is 17.1 Å². The molecule has 0 aliphatic carbocycles. The Kier molecular flexibility index (Phi) is 5.65. The quantitative estimate of drug-likeness (QED) is 0.449. The first-order valence-corrected chi connectivity index (χ1v) is 10.4. The summed E-state index contributed by atoms with van der Waals surface area (Å²) in [5.41, 5.74) is 0.891. The summed E-state index contributed by atoms with van der Waals surface area (Å²) < 4.78 is 5.78. The molecule has 0 atom stereocenters. The molecule has 0 spiro atoms. The van der Waals surface area contributed by atoms with Crippen LogP contribution in [0, 0.1) is 10.3 Å². The minimum absolute atomic E-state index is 0.0404. The van der Waals surface area contributed by atoms with Crippen LogP contribution in [0.5, 0.6) is 0 Å². The number of benzene rings is 1. The van der Waals surface area contributed by atoms with E-state index in [1.807, 2.05) is 0 Å². The maximum absolute atomic E-state index is 12.5. The molecule has 0 saturated carbocycles. The van der Waals surface area contributed by atoms with Crippen molar-refractivity contribution >= 4 is 57.1 Å². The highest BCUT2D eigenvalue weighted by Gasteiger charge is 2.35. The van der Waals surface area contributed by atoms with Crippen molar-refractivity contribution in [1.82, 2.24) is 5.01 Å². The van der Waals surface area contributed by atoms with Crippen LogP contribution in [0.15, 0.2) is 55.6 Å². The van der Waals surface area contributed by atoms with Crippen LogP contribution in [0.2, 0.25) is 5.02 Å². The van der Waals surface area contributed by atoms with E-state index in [0.717, 1.165) is 24.3 Å². The molecule has 0 fully saturated rings. The summed E-state index contributed by atoms with van der Waals surface area (Å²) in [6, 6.07) is 7.97. The van der Waals surface area contributed by atoms with E-state index in [4.69, 9.17) is 21.4 Å². The topological polar surface area (TPSA) is 111 Å². The Morgan fingerprint density at radius 1 is 1.33 bits per heavy atom. The molecule has 1 aromatic carbocycles. The summed E-state index contributed by atoms with van der Waals surface area (Å²) in [6.45, 7) is 2.09. The zero-order valence-electron chi connectivity index (χ0n) is 15.9. The molecule has 0 bridgehead atoms. The molecular weight excluding hydrogens is 426 g/mol. The van der Waals surface area contributed by atoms with Gasteiger partial charge in [-0.05, 0) is 66.2 Å². The number of fused-ring (bicyclic) bond motifs is 1. The number of thioether (sulfide) groups is 1. The number of nitrogens with zero attached hydrogens (tertiary/aromatic N) is 4. The largest absolute Gasteiger partial charge is 0.457 e. The molecule has 2 aromatic rings. The lowest BCUT2D eigenvalue weighted by Crippen LogP contribution is -2.35. The van der Waals surface area contributed by atoms with Gasteiger partial charge >= 0.3 is 0 Å². The normalized spacial score (nSPS) is 17.3. The molecule has 152 valence electrons. The molecule has 1 N–H and O–H groups in total. The number of hydrazone groups is 1. The molecule has 2 aliphatic rings. The third-order valence-electron chi connectivity index (χ3n) is 4.48. The molecule has 0 radical (unpaired) electrons. The fourth-order valence-corrected chi connectivity index (χ4v) is 4.13. The van der Waals surface area contributed by atoms with Crippen LogP contribution in [0.1, 0.15) is 31.9 Å². The lowest BCUT2D eigenvalue weighted by atomic mass is 10.1. The summed E-state index contributed by atoms with van der Waals surface area (Å²) in [5.74, 6) is 0.275. The summed E-state index contributed by atoms with van der Waals surface area (Å²) in [7, 11) is 0. The third kappa shape index (κ3) is 3.86. The van der Waals surface area contributed by atoms with Crippen molar-refractivity contribution in [2.24, 2.45) is 15.3 Å². The van der Waals surface area contributed by atoms with Crippen LogP contribution in [0.4, 0.5) is 5.69 Å². The molecule has 2 aliphatic heterocycles. The zero-order chi connectivity index (χ0) is 21.3. The maximum Gasteiger partial charge on any atom is 0.283 e. The number of nitrogens with one attached hydrogen (secondary N) is 1. The Hall–Kier alpha value is -3.04. The van der Waals surface area contributed by atoms with Crippen LogP contribution < -0.4 is 0 Å². The van der Waals surface area contributed by atoms with Gasteiger partial charge in [-0.2, -0.15) is 15.1 Å². The number of carbonyl (C=O) groups excluding carboxylic acids is 1. The average Bonchev–Trinajstić information content (AvgIpc) is 3.36. The number of furan rings is 1. The number of halogens is 1. The number of hydrogen-bond donors (Lipinski definition) is 1. The van der Waals surface area contributed by atoms with E-state index < -0.39 is 5.91 Å². The Morgan fingerprint density at radius 2 is 2.17 bits per heavy atom. The van der Waals surface area contributed by atoms with Gasteiger partial charge in [0.15, 0.2) is 5.84 Å². The number of amidine groups is 2. The van der Waals surface area contributed by atoms with Gasteiger partial charge in [0.25, 0.3) is 5.91 Å². The fourth-order valence-electron chi connectivity index (χ4n) is 2.94. The first-order valence-electron chi connectivity index (χ1n) is 9.22. The SMILES string of the molecule is CCCCC1=NN2C(=N)/C(=C/c3ccc(-c4ccc(N=O)cc4Cl)o3)C(=O)N=C2S1. The molecule has 10 heteroatoms. The number of amides is 1. The molecule has 0 saturated heterocycles. The Morgan fingerprint density at radius 3 is 2.90 bits per heavy atom. The van der Waals surface area contributed by atoms with Gasteiger partial charge in [0.05, 0.1) is 10.6 Å². The molecule has 4 rings (SSSR count). The van der Waals surface area contributed by atoms with E-state index in [1.165, 1.54) is 35.0 Å². The van der Waals surface area contributed by atoms with Crippen molar-refractivity contribution < 1.29 is 9.21 Å². The van der Waals surface area contributed by atoms with Crippen molar-refractivity contribution in [3.8, 4) is 11.3 Å². The van der Waals surface area contributed by atoms with Crippen molar-refractivity contribution in [3.05, 3.63) is 51.6 Å². The molecule has 1 amide bonds. The van der Waals surface area contributed by atoms with E-state index in [2.05, 4.69) is 22.2 Å². The van der Waals surface area contributed by atoms with Gasteiger partial charge in [0.1, 0.15) is 22.3 Å². The molecule has 3 heterocycles. The zero-order valence-corrected chi connectivity index (χ0v) is 17.5. The summed E-state index contributed by atoms with van der Waals surface area (Å²) >= 11 is 7.52. The predicted molar refractivity (Wildman–Crippen MR) is 119 cm³/mol. The fraction of sp³-hybridized carbons (Fsp3) is 0.200. The summed E-state index contributed by atoms with van der Waals surface area (Å²) in [5, 5.41) is 18.6. The first kappa shape index (κ1) is 20.2. The highest BCUT2D eigenvalue weighted by atomic mass is 35.5. The number of rotatable bonds is 6. The van der Waals surface area contributed by atoms with Gasteiger partial charge in [-0.1, -0.05) is 24.9 Å². The van der Waals surface area contributed by atoms with Crippen LogP contribution in [-0.4, -0.2) is 27.0 Å². The monoisotopic (exact) mass is 441 g/mol. The van der Waals surface area contributed by atoms with E-state index in [1.54, 1.807) is 18.2 Å². The number of nitroso groups, excluding NO2 is 1. The second-order valence-electron chi connectivity index (χ2n) is 6.57. The Bertz CT molecular complexity index is 1150. The van der Waals surface area contributed by atoms with Gasteiger partial charge in [-0.25, -0.2) is 0 Å². The highest BCUT2D eigenvalue weighted by Crippen LogP contribution is 2.34. The Labute approximate surface area is 181 Å². The number of aliphatic imine (C=N–C) groups is 1. The van der Waals surface area contributed by atoms with Crippen molar-refractivity contribution in [1.29, 1.82) is 5.41 Å². The molecule has 0 unspecified atom stereocenters.